The molecule has 28 heavy (non-hydrogen) atoms. The Morgan fingerprint density at radius 2 is 1.89 bits per heavy atom. The van der Waals surface area contributed by atoms with Gasteiger partial charge in [-0.25, -0.2) is 0 Å². The Kier molecular flexibility index (Phi) is 4.01. The van der Waals surface area contributed by atoms with Gasteiger partial charge in [0.25, 0.3) is 0 Å². The number of carboxylic acid groups (broad SMARTS) is 1. The first kappa shape index (κ1) is 19.2. The fourth-order valence-electron chi connectivity index (χ4n) is 8.92. The largest absolute Gasteiger partial charge is 0.481 e. The van der Waals surface area contributed by atoms with Gasteiger partial charge < -0.3 is 9.84 Å². The van der Waals surface area contributed by atoms with Crippen molar-refractivity contribution < 1.29 is 14.6 Å². The van der Waals surface area contributed by atoms with Crippen LogP contribution in [0, 0.1) is 39.4 Å². The Morgan fingerprint density at radius 3 is 2.64 bits per heavy atom. The first-order valence-corrected chi connectivity index (χ1v) is 11.7. The van der Waals surface area contributed by atoms with Gasteiger partial charge in [-0.3, -0.25) is 4.79 Å². The van der Waals surface area contributed by atoms with Crippen LogP contribution >= 0.6 is 0 Å². The number of fused-ring (bicyclic) bond motifs is 2. The third-order valence-electron chi connectivity index (χ3n) is 10.5. The van der Waals surface area contributed by atoms with E-state index < -0.39 is 5.97 Å². The van der Waals surface area contributed by atoms with Gasteiger partial charge in [0, 0.05) is 5.41 Å². The molecule has 1 aliphatic heterocycles. The molecule has 7 atom stereocenters. The van der Waals surface area contributed by atoms with Crippen molar-refractivity contribution >= 4 is 5.97 Å². The van der Waals surface area contributed by atoms with Gasteiger partial charge in [0.2, 0.25) is 0 Å². The number of carboxylic acids is 1. The van der Waals surface area contributed by atoms with Gasteiger partial charge >= 0.3 is 5.97 Å². The summed E-state index contributed by atoms with van der Waals surface area (Å²) in [5.41, 5.74) is 3.49. The molecule has 0 amide bonds. The minimum Gasteiger partial charge on any atom is -0.481 e. The maximum Gasteiger partial charge on any atom is 0.310 e. The molecule has 3 fully saturated rings. The van der Waals surface area contributed by atoms with Crippen LogP contribution in [0.5, 0.6) is 0 Å². The Labute approximate surface area is 170 Å². The third kappa shape index (κ3) is 2.23. The smallest absolute Gasteiger partial charge is 0.310 e. The third-order valence-corrected chi connectivity index (χ3v) is 10.5. The normalized spacial score (nSPS) is 53.1. The SMILES string of the molecule is CC1CCC2(C)C3=C(CCC2(C)C1)C12CCCC(C)(COC1)C2CC3C(=O)O. The fourth-order valence-corrected chi connectivity index (χ4v) is 8.92. The topological polar surface area (TPSA) is 46.5 Å². The Hall–Kier alpha value is -0.830. The molecule has 3 nitrogen and oxygen atoms in total. The zero-order valence-corrected chi connectivity index (χ0v) is 18.3. The monoisotopic (exact) mass is 386 g/mol. The highest BCUT2D eigenvalue weighted by atomic mass is 16.5. The van der Waals surface area contributed by atoms with Gasteiger partial charge in [0.15, 0.2) is 0 Å². The van der Waals surface area contributed by atoms with Gasteiger partial charge in [-0.2, -0.15) is 0 Å². The number of carbonyl (C=O) groups is 1. The predicted octanol–water partition coefficient (Wildman–Crippen LogP) is 5.84. The van der Waals surface area contributed by atoms with Crippen LogP contribution in [0.1, 0.15) is 85.5 Å². The highest BCUT2D eigenvalue weighted by Gasteiger charge is 2.65. The van der Waals surface area contributed by atoms with Crippen LogP contribution < -0.4 is 0 Å². The summed E-state index contributed by atoms with van der Waals surface area (Å²) in [4.78, 5) is 12.6. The second-order valence-corrected chi connectivity index (χ2v) is 12.0. The number of ether oxygens (including phenoxy) is 1. The number of rotatable bonds is 1. The standard InChI is InChI=1S/C25H38O3/c1-16-6-11-24(4)20-17(21(26)27)12-19-22(2)8-5-9-25(19,15-28-14-22)18(20)7-10-23(24,3)13-16/h16-17,19H,5-15H2,1-4H3,(H,26,27). The molecule has 0 aromatic carbocycles. The van der Waals surface area contributed by atoms with Crippen LogP contribution in [0.15, 0.2) is 11.1 Å². The molecule has 0 aromatic rings. The molecule has 3 heteroatoms. The van der Waals surface area contributed by atoms with Gasteiger partial charge in [0.05, 0.1) is 19.1 Å². The summed E-state index contributed by atoms with van der Waals surface area (Å²) in [5, 5.41) is 10.4. The van der Waals surface area contributed by atoms with Crippen molar-refractivity contribution in [3.8, 4) is 0 Å². The average molecular weight is 387 g/mol. The van der Waals surface area contributed by atoms with Crippen molar-refractivity contribution in [1.82, 2.24) is 0 Å². The molecule has 0 spiro atoms. The van der Waals surface area contributed by atoms with Crippen LogP contribution in [0.4, 0.5) is 0 Å². The van der Waals surface area contributed by atoms with E-state index in [1.54, 1.807) is 5.57 Å². The molecule has 1 saturated heterocycles. The summed E-state index contributed by atoms with van der Waals surface area (Å²) >= 11 is 0. The lowest BCUT2D eigenvalue weighted by Gasteiger charge is -2.66. The molecular weight excluding hydrogens is 348 g/mol. The lowest BCUT2D eigenvalue weighted by Crippen LogP contribution is -2.61. The quantitative estimate of drug-likeness (QED) is 0.576. The van der Waals surface area contributed by atoms with Gasteiger partial charge in [0.1, 0.15) is 0 Å². The van der Waals surface area contributed by atoms with Crippen molar-refractivity contribution in [2.75, 3.05) is 13.2 Å². The first-order valence-electron chi connectivity index (χ1n) is 11.7. The zero-order valence-electron chi connectivity index (χ0n) is 18.3. The molecule has 5 aliphatic rings. The molecule has 156 valence electrons. The summed E-state index contributed by atoms with van der Waals surface area (Å²) in [5.74, 6) is 0.396. The highest BCUT2D eigenvalue weighted by molar-refractivity contribution is 5.75. The molecule has 1 N–H and O–H groups in total. The molecule has 2 bridgehead atoms. The Bertz CT molecular complexity index is 726. The molecule has 5 rings (SSSR count). The maximum absolute atomic E-state index is 12.6. The zero-order chi connectivity index (χ0) is 19.9. The minimum absolute atomic E-state index is 0.0428. The van der Waals surface area contributed by atoms with Gasteiger partial charge in [-0.15, -0.1) is 0 Å². The van der Waals surface area contributed by atoms with E-state index in [9.17, 15) is 9.90 Å². The molecule has 1 heterocycles. The van der Waals surface area contributed by atoms with Crippen LogP contribution in [0.3, 0.4) is 0 Å². The van der Waals surface area contributed by atoms with E-state index in [0.29, 0.717) is 5.92 Å². The van der Waals surface area contributed by atoms with E-state index in [1.165, 1.54) is 44.1 Å². The molecular formula is C25H38O3. The second-order valence-electron chi connectivity index (χ2n) is 12.0. The van der Waals surface area contributed by atoms with Crippen molar-refractivity contribution in [3.05, 3.63) is 11.1 Å². The van der Waals surface area contributed by atoms with E-state index in [-0.39, 0.29) is 27.6 Å². The van der Waals surface area contributed by atoms with Gasteiger partial charge in [-0.1, -0.05) is 39.7 Å². The van der Waals surface area contributed by atoms with E-state index in [4.69, 9.17) is 4.74 Å². The number of aliphatic carboxylic acids is 1. The van der Waals surface area contributed by atoms with Crippen LogP contribution in [-0.4, -0.2) is 24.3 Å². The highest BCUT2D eigenvalue weighted by Crippen LogP contribution is 2.71. The predicted molar refractivity (Wildman–Crippen MR) is 110 cm³/mol. The van der Waals surface area contributed by atoms with Crippen molar-refractivity contribution in [2.24, 2.45) is 39.4 Å². The molecule has 2 saturated carbocycles. The van der Waals surface area contributed by atoms with E-state index in [1.807, 2.05) is 0 Å². The van der Waals surface area contributed by atoms with Crippen LogP contribution in [-0.2, 0) is 9.53 Å². The molecule has 0 aromatic heterocycles. The van der Waals surface area contributed by atoms with E-state index in [2.05, 4.69) is 27.7 Å². The lowest BCUT2D eigenvalue weighted by atomic mass is 9.39. The maximum atomic E-state index is 12.6. The molecule has 0 radical (unpaired) electrons. The Morgan fingerprint density at radius 1 is 1.11 bits per heavy atom. The first-order chi connectivity index (χ1) is 13.2. The van der Waals surface area contributed by atoms with Crippen molar-refractivity contribution in [3.63, 3.8) is 0 Å². The molecule has 7 unspecified atom stereocenters. The fraction of sp³-hybridized carbons (Fsp3) is 0.880. The summed E-state index contributed by atoms with van der Waals surface area (Å²) in [6.07, 6.45) is 10.5. The summed E-state index contributed by atoms with van der Waals surface area (Å²) in [6.45, 7) is 11.3. The van der Waals surface area contributed by atoms with Crippen LogP contribution in [0.25, 0.3) is 0 Å². The van der Waals surface area contributed by atoms with Crippen LogP contribution in [0.2, 0.25) is 0 Å². The second kappa shape index (κ2) is 5.86. The average Bonchev–Trinajstić information content (AvgIpc) is 2.61. The van der Waals surface area contributed by atoms with E-state index in [0.717, 1.165) is 38.4 Å². The lowest BCUT2D eigenvalue weighted by molar-refractivity contribution is -0.174. The van der Waals surface area contributed by atoms with E-state index >= 15 is 0 Å². The van der Waals surface area contributed by atoms with Gasteiger partial charge in [-0.05, 0) is 85.0 Å². The summed E-state index contributed by atoms with van der Waals surface area (Å²) < 4.78 is 6.27. The summed E-state index contributed by atoms with van der Waals surface area (Å²) in [7, 11) is 0. The van der Waals surface area contributed by atoms with Crippen molar-refractivity contribution in [2.45, 2.75) is 85.5 Å². The minimum atomic E-state index is -0.570. The number of hydrogen-bond donors (Lipinski definition) is 1. The number of hydrogen-bond acceptors (Lipinski definition) is 2. The van der Waals surface area contributed by atoms with Crippen molar-refractivity contribution in [1.29, 1.82) is 0 Å². The molecule has 4 aliphatic carbocycles. The Balaban J connectivity index is 1.72. The summed E-state index contributed by atoms with van der Waals surface area (Å²) in [6, 6.07) is 0.